The van der Waals surface area contributed by atoms with Gasteiger partial charge in [-0.05, 0) is 27.2 Å². The van der Waals surface area contributed by atoms with E-state index < -0.39 is 6.04 Å². The van der Waals surface area contributed by atoms with Crippen LogP contribution in [0.2, 0.25) is 0 Å². The van der Waals surface area contributed by atoms with Crippen LogP contribution in [0.1, 0.15) is 27.2 Å². The van der Waals surface area contributed by atoms with Crippen molar-refractivity contribution in [3.63, 3.8) is 0 Å². The third-order valence-electron chi connectivity index (χ3n) is 1.84. The van der Waals surface area contributed by atoms with Gasteiger partial charge in [-0.15, -0.1) is 0 Å². The SMILES string of the molecule is CC(C)(C)NC(=O)[C@@H]1CCNC(=O)N1. The van der Waals surface area contributed by atoms with Gasteiger partial charge >= 0.3 is 6.03 Å². The minimum Gasteiger partial charge on any atom is -0.350 e. The number of amides is 3. The highest BCUT2D eigenvalue weighted by Crippen LogP contribution is 2.02. The second-order valence-corrected chi connectivity index (χ2v) is 4.48. The molecule has 0 radical (unpaired) electrons. The fraction of sp³-hybridized carbons (Fsp3) is 0.778. The third kappa shape index (κ3) is 3.24. The minimum absolute atomic E-state index is 0.118. The van der Waals surface area contributed by atoms with E-state index in [1.54, 1.807) is 0 Å². The summed E-state index contributed by atoms with van der Waals surface area (Å²) in [4.78, 5) is 22.5. The number of carbonyl (C=O) groups is 2. The number of hydrogen-bond acceptors (Lipinski definition) is 2. The van der Waals surface area contributed by atoms with Crippen LogP contribution in [0.3, 0.4) is 0 Å². The van der Waals surface area contributed by atoms with Gasteiger partial charge in [0.25, 0.3) is 0 Å². The van der Waals surface area contributed by atoms with E-state index in [9.17, 15) is 9.59 Å². The summed E-state index contributed by atoms with van der Waals surface area (Å²) in [5, 5.41) is 8.00. The van der Waals surface area contributed by atoms with Crippen molar-refractivity contribution < 1.29 is 9.59 Å². The summed E-state index contributed by atoms with van der Waals surface area (Å²) in [5.41, 5.74) is -0.257. The average Bonchev–Trinajstić information content (AvgIpc) is 2.01. The molecule has 1 aliphatic heterocycles. The molecule has 14 heavy (non-hydrogen) atoms. The molecule has 1 rings (SSSR count). The maximum atomic E-state index is 11.6. The summed E-state index contributed by atoms with van der Waals surface area (Å²) in [6.07, 6.45) is 0.633. The highest BCUT2D eigenvalue weighted by atomic mass is 16.2. The Morgan fingerprint density at radius 1 is 1.50 bits per heavy atom. The average molecular weight is 199 g/mol. The van der Waals surface area contributed by atoms with Gasteiger partial charge in [-0.25, -0.2) is 4.79 Å². The Labute approximate surface area is 83.6 Å². The molecule has 80 valence electrons. The Balaban J connectivity index is 2.48. The second-order valence-electron chi connectivity index (χ2n) is 4.48. The molecule has 1 aliphatic rings. The van der Waals surface area contributed by atoms with Crippen molar-refractivity contribution in [1.29, 1.82) is 0 Å². The highest BCUT2D eigenvalue weighted by Gasteiger charge is 2.26. The molecule has 0 spiro atoms. The predicted octanol–water partition coefficient (Wildman–Crippen LogP) is -0.0274. The van der Waals surface area contributed by atoms with Crippen LogP contribution in [-0.2, 0) is 4.79 Å². The lowest BCUT2D eigenvalue weighted by Gasteiger charge is -2.27. The molecule has 3 N–H and O–H groups in total. The van der Waals surface area contributed by atoms with Crippen molar-refractivity contribution in [2.24, 2.45) is 0 Å². The molecule has 1 saturated heterocycles. The second kappa shape index (κ2) is 3.86. The van der Waals surface area contributed by atoms with E-state index in [1.807, 2.05) is 20.8 Å². The number of carbonyl (C=O) groups excluding carboxylic acids is 2. The normalized spacial score (nSPS) is 22.2. The van der Waals surface area contributed by atoms with Crippen LogP contribution < -0.4 is 16.0 Å². The van der Waals surface area contributed by atoms with Crippen molar-refractivity contribution in [3.05, 3.63) is 0 Å². The standard InChI is InChI=1S/C9H17N3O2/c1-9(2,3)12-7(13)6-4-5-10-8(14)11-6/h6H,4-5H2,1-3H3,(H,12,13)(H2,10,11,14)/t6-/m0/s1. The van der Waals surface area contributed by atoms with Gasteiger partial charge in [0.2, 0.25) is 5.91 Å². The highest BCUT2D eigenvalue weighted by molar-refractivity contribution is 5.88. The molecule has 1 heterocycles. The molecule has 0 aromatic carbocycles. The summed E-state index contributed by atoms with van der Waals surface area (Å²) in [6, 6.07) is -0.673. The molecule has 0 aromatic rings. The fourth-order valence-corrected chi connectivity index (χ4v) is 1.26. The summed E-state index contributed by atoms with van der Waals surface area (Å²) in [7, 11) is 0. The van der Waals surface area contributed by atoms with Gasteiger partial charge in [0, 0.05) is 12.1 Å². The Morgan fingerprint density at radius 3 is 2.64 bits per heavy atom. The molecule has 0 aliphatic carbocycles. The van der Waals surface area contributed by atoms with E-state index in [0.717, 1.165) is 0 Å². The molecule has 0 bridgehead atoms. The molecule has 0 unspecified atom stereocenters. The van der Waals surface area contributed by atoms with Crippen LogP contribution >= 0.6 is 0 Å². The van der Waals surface area contributed by atoms with E-state index in [0.29, 0.717) is 13.0 Å². The summed E-state index contributed by atoms with van der Waals surface area (Å²) in [5.74, 6) is -0.118. The van der Waals surface area contributed by atoms with E-state index in [1.165, 1.54) is 0 Å². The first-order chi connectivity index (χ1) is 6.38. The molecular weight excluding hydrogens is 182 g/mol. The van der Waals surface area contributed by atoms with Crippen LogP contribution in [0.5, 0.6) is 0 Å². The lowest BCUT2D eigenvalue weighted by atomic mass is 10.1. The van der Waals surface area contributed by atoms with Gasteiger partial charge in [-0.3, -0.25) is 4.79 Å². The number of rotatable bonds is 1. The largest absolute Gasteiger partial charge is 0.350 e. The number of hydrogen-bond donors (Lipinski definition) is 3. The Hall–Kier alpha value is -1.26. The predicted molar refractivity (Wildman–Crippen MR) is 52.8 cm³/mol. The zero-order chi connectivity index (χ0) is 10.8. The van der Waals surface area contributed by atoms with Gasteiger partial charge < -0.3 is 16.0 Å². The summed E-state index contributed by atoms with van der Waals surface area (Å²) < 4.78 is 0. The lowest BCUT2D eigenvalue weighted by molar-refractivity contribution is -0.124. The molecular formula is C9H17N3O2. The molecule has 0 aromatic heterocycles. The van der Waals surface area contributed by atoms with E-state index in [4.69, 9.17) is 0 Å². The quantitative estimate of drug-likeness (QED) is 0.555. The Bertz CT molecular complexity index is 245. The van der Waals surface area contributed by atoms with Crippen LogP contribution in [0.25, 0.3) is 0 Å². The molecule has 3 amide bonds. The smallest absolute Gasteiger partial charge is 0.315 e. The van der Waals surface area contributed by atoms with Gasteiger partial charge in [-0.2, -0.15) is 0 Å². The fourth-order valence-electron chi connectivity index (χ4n) is 1.26. The summed E-state index contributed by atoms with van der Waals surface area (Å²) in [6.45, 7) is 6.28. The number of nitrogens with one attached hydrogen (secondary N) is 3. The third-order valence-corrected chi connectivity index (χ3v) is 1.84. The lowest BCUT2D eigenvalue weighted by Crippen LogP contribution is -2.57. The van der Waals surface area contributed by atoms with Gasteiger partial charge in [0.05, 0.1) is 0 Å². The van der Waals surface area contributed by atoms with E-state index in [-0.39, 0.29) is 17.5 Å². The topological polar surface area (TPSA) is 70.2 Å². The Morgan fingerprint density at radius 2 is 2.14 bits per heavy atom. The van der Waals surface area contributed by atoms with Crippen molar-refractivity contribution in [2.45, 2.75) is 38.8 Å². The van der Waals surface area contributed by atoms with Crippen LogP contribution in [0, 0.1) is 0 Å². The van der Waals surface area contributed by atoms with Gasteiger partial charge in [0.1, 0.15) is 6.04 Å². The minimum atomic E-state index is -0.400. The van der Waals surface area contributed by atoms with Crippen molar-refractivity contribution in [2.75, 3.05) is 6.54 Å². The molecule has 0 saturated carbocycles. The monoisotopic (exact) mass is 199 g/mol. The van der Waals surface area contributed by atoms with Crippen LogP contribution in [-0.4, -0.2) is 30.1 Å². The van der Waals surface area contributed by atoms with Gasteiger partial charge in [-0.1, -0.05) is 0 Å². The first-order valence-electron chi connectivity index (χ1n) is 4.75. The number of urea groups is 1. The first kappa shape index (κ1) is 10.8. The van der Waals surface area contributed by atoms with E-state index >= 15 is 0 Å². The molecule has 1 atom stereocenters. The Kier molecular flexibility index (Phi) is 2.98. The van der Waals surface area contributed by atoms with E-state index in [2.05, 4.69) is 16.0 Å². The first-order valence-corrected chi connectivity index (χ1v) is 4.75. The maximum absolute atomic E-state index is 11.6. The van der Waals surface area contributed by atoms with Crippen LogP contribution in [0.4, 0.5) is 4.79 Å². The summed E-state index contributed by atoms with van der Waals surface area (Å²) >= 11 is 0. The molecule has 5 heteroatoms. The maximum Gasteiger partial charge on any atom is 0.315 e. The zero-order valence-corrected chi connectivity index (χ0v) is 8.81. The zero-order valence-electron chi connectivity index (χ0n) is 8.81. The van der Waals surface area contributed by atoms with Crippen LogP contribution in [0.15, 0.2) is 0 Å². The molecule has 1 fully saturated rings. The van der Waals surface area contributed by atoms with Crippen molar-refractivity contribution in [1.82, 2.24) is 16.0 Å². The van der Waals surface area contributed by atoms with Crippen molar-refractivity contribution in [3.8, 4) is 0 Å². The van der Waals surface area contributed by atoms with Crippen molar-refractivity contribution >= 4 is 11.9 Å². The van der Waals surface area contributed by atoms with Gasteiger partial charge in [0.15, 0.2) is 0 Å². The molecule has 5 nitrogen and oxygen atoms in total.